The Kier molecular flexibility index (Phi) is 5.17. The maximum atomic E-state index is 2.27. The summed E-state index contributed by atoms with van der Waals surface area (Å²) in [5, 5.41) is 0. The Morgan fingerprint density at radius 3 is 1.17 bits per heavy atom. The zero-order valence-corrected chi connectivity index (χ0v) is 14.4. The number of anilines is 2. The van der Waals surface area contributed by atoms with Crippen molar-refractivity contribution < 1.29 is 0 Å². The molecule has 0 radical (unpaired) electrons. The van der Waals surface area contributed by atoms with Crippen LogP contribution >= 0.6 is 0 Å². The van der Waals surface area contributed by atoms with Gasteiger partial charge in [-0.15, -0.1) is 0 Å². The van der Waals surface area contributed by atoms with Crippen molar-refractivity contribution in [2.75, 3.05) is 23.9 Å². The molecule has 0 aromatic heterocycles. The molecule has 2 nitrogen and oxygen atoms in total. The maximum Gasteiger partial charge on any atom is 0.0426 e. The second-order valence-electron chi connectivity index (χ2n) is 6.20. The van der Waals surface area contributed by atoms with Crippen LogP contribution in [0.3, 0.4) is 0 Å². The van der Waals surface area contributed by atoms with Gasteiger partial charge in [-0.25, -0.2) is 0 Å². The van der Waals surface area contributed by atoms with Gasteiger partial charge in [-0.3, -0.25) is 0 Å². The van der Waals surface area contributed by atoms with Crippen LogP contribution in [0.1, 0.15) is 11.1 Å². The normalized spacial score (nSPS) is 10.4. The molecule has 0 aliphatic heterocycles. The lowest BCUT2D eigenvalue weighted by atomic mass is 10.2. The lowest BCUT2D eigenvalue weighted by Gasteiger charge is -2.23. The molecule has 2 heteroatoms. The maximum absolute atomic E-state index is 2.27. The van der Waals surface area contributed by atoms with E-state index in [2.05, 4.69) is 109 Å². The average molecular weight is 316 g/mol. The van der Waals surface area contributed by atoms with Gasteiger partial charge in [-0.1, -0.05) is 60.7 Å². The molecule has 122 valence electrons. The van der Waals surface area contributed by atoms with Gasteiger partial charge in [-0.2, -0.15) is 0 Å². The highest BCUT2D eigenvalue weighted by atomic mass is 15.1. The van der Waals surface area contributed by atoms with Gasteiger partial charge >= 0.3 is 0 Å². The van der Waals surface area contributed by atoms with Crippen molar-refractivity contribution in [3.8, 4) is 0 Å². The SMILES string of the molecule is CN(Cc1ccccc1)c1ccc(N(C)Cc2ccccc2)cc1. The molecule has 0 heterocycles. The van der Waals surface area contributed by atoms with Crippen LogP contribution in [0.2, 0.25) is 0 Å². The second-order valence-corrected chi connectivity index (χ2v) is 6.20. The lowest BCUT2D eigenvalue weighted by Crippen LogP contribution is -2.18. The summed E-state index contributed by atoms with van der Waals surface area (Å²) >= 11 is 0. The smallest absolute Gasteiger partial charge is 0.0426 e. The van der Waals surface area contributed by atoms with Gasteiger partial charge in [0.1, 0.15) is 0 Å². The first-order valence-corrected chi connectivity index (χ1v) is 8.32. The first-order chi connectivity index (χ1) is 11.7. The van der Waals surface area contributed by atoms with Crippen LogP contribution < -0.4 is 9.80 Å². The molecule has 0 aliphatic rings. The lowest BCUT2D eigenvalue weighted by molar-refractivity contribution is 0.912. The predicted octanol–water partition coefficient (Wildman–Crippen LogP) is 4.96. The topological polar surface area (TPSA) is 6.48 Å². The summed E-state index contributed by atoms with van der Waals surface area (Å²) in [5.74, 6) is 0. The Bertz CT molecular complexity index is 669. The van der Waals surface area contributed by atoms with Crippen molar-refractivity contribution in [3.63, 3.8) is 0 Å². The third kappa shape index (κ3) is 4.17. The molecule has 24 heavy (non-hydrogen) atoms. The van der Waals surface area contributed by atoms with Gasteiger partial charge in [0, 0.05) is 38.6 Å². The molecule has 0 atom stereocenters. The monoisotopic (exact) mass is 316 g/mol. The van der Waals surface area contributed by atoms with E-state index in [1.54, 1.807) is 0 Å². The highest BCUT2D eigenvalue weighted by Crippen LogP contribution is 2.21. The molecule has 0 unspecified atom stereocenters. The summed E-state index contributed by atoms with van der Waals surface area (Å²) in [4.78, 5) is 4.55. The highest BCUT2D eigenvalue weighted by molar-refractivity contribution is 5.56. The van der Waals surface area contributed by atoms with E-state index < -0.39 is 0 Å². The van der Waals surface area contributed by atoms with Crippen molar-refractivity contribution >= 4 is 11.4 Å². The van der Waals surface area contributed by atoms with E-state index in [1.165, 1.54) is 22.5 Å². The Hall–Kier alpha value is -2.74. The summed E-state index contributed by atoms with van der Waals surface area (Å²) in [6.45, 7) is 1.83. The molecule has 0 saturated carbocycles. The molecule has 0 spiro atoms. The Morgan fingerprint density at radius 2 is 0.833 bits per heavy atom. The van der Waals surface area contributed by atoms with Gasteiger partial charge in [0.05, 0.1) is 0 Å². The number of benzene rings is 3. The zero-order chi connectivity index (χ0) is 16.8. The summed E-state index contributed by atoms with van der Waals surface area (Å²) in [6.07, 6.45) is 0. The fraction of sp³-hybridized carbons (Fsp3) is 0.182. The van der Waals surface area contributed by atoms with Crippen LogP contribution in [0.4, 0.5) is 11.4 Å². The van der Waals surface area contributed by atoms with E-state index in [1.807, 2.05) is 0 Å². The Labute approximate surface area is 145 Å². The quantitative estimate of drug-likeness (QED) is 0.634. The third-order valence-electron chi connectivity index (χ3n) is 4.26. The molecule has 0 amide bonds. The predicted molar refractivity (Wildman–Crippen MR) is 104 cm³/mol. The van der Waals surface area contributed by atoms with Crippen LogP contribution in [0, 0.1) is 0 Å². The number of hydrogen-bond donors (Lipinski definition) is 0. The third-order valence-corrected chi connectivity index (χ3v) is 4.26. The molecule has 0 bridgehead atoms. The van der Waals surface area contributed by atoms with E-state index in [9.17, 15) is 0 Å². The summed E-state index contributed by atoms with van der Waals surface area (Å²) in [6, 6.07) is 29.9. The number of hydrogen-bond acceptors (Lipinski definition) is 2. The summed E-state index contributed by atoms with van der Waals surface area (Å²) in [7, 11) is 4.27. The molecule has 0 aliphatic carbocycles. The molecule has 0 N–H and O–H groups in total. The number of rotatable bonds is 6. The van der Waals surface area contributed by atoms with Crippen molar-refractivity contribution in [3.05, 3.63) is 96.1 Å². The second kappa shape index (κ2) is 7.69. The highest BCUT2D eigenvalue weighted by Gasteiger charge is 2.05. The summed E-state index contributed by atoms with van der Waals surface area (Å²) in [5.41, 5.74) is 5.11. The molecular weight excluding hydrogens is 292 g/mol. The fourth-order valence-corrected chi connectivity index (χ4v) is 2.86. The van der Waals surface area contributed by atoms with Crippen molar-refractivity contribution in [2.45, 2.75) is 13.1 Å². The van der Waals surface area contributed by atoms with Gasteiger partial charge < -0.3 is 9.80 Å². The molecule has 3 aromatic carbocycles. The van der Waals surface area contributed by atoms with E-state index >= 15 is 0 Å². The minimum absolute atomic E-state index is 0.917. The van der Waals surface area contributed by atoms with Crippen molar-refractivity contribution in [1.29, 1.82) is 0 Å². The van der Waals surface area contributed by atoms with Crippen LogP contribution in [-0.4, -0.2) is 14.1 Å². The van der Waals surface area contributed by atoms with Crippen LogP contribution in [-0.2, 0) is 13.1 Å². The fourth-order valence-electron chi connectivity index (χ4n) is 2.86. The van der Waals surface area contributed by atoms with Gasteiger partial charge in [0.25, 0.3) is 0 Å². The standard InChI is InChI=1S/C22H24N2/c1-23(17-19-9-5-3-6-10-19)21-13-15-22(16-14-21)24(2)18-20-11-7-4-8-12-20/h3-16H,17-18H2,1-2H3. The minimum Gasteiger partial charge on any atom is -0.370 e. The molecule has 3 aromatic rings. The molecular formula is C22H24N2. The van der Waals surface area contributed by atoms with E-state index in [0.29, 0.717) is 0 Å². The van der Waals surface area contributed by atoms with Crippen LogP contribution in [0.5, 0.6) is 0 Å². The van der Waals surface area contributed by atoms with Crippen molar-refractivity contribution in [2.24, 2.45) is 0 Å². The van der Waals surface area contributed by atoms with Gasteiger partial charge in [0.15, 0.2) is 0 Å². The first kappa shape index (κ1) is 16.1. The average Bonchev–Trinajstić information content (AvgIpc) is 2.63. The van der Waals surface area contributed by atoms with E-state index in [4.69, 9.17) is 0 Å². The summed E-state index contributed by atoms with van der Waals surface area (Å²) < 4.78 is 0. The van der Waals surface area contributed by atoms with Crippen molar-refractivity contribution in [1.82, 2.24) is 0 Å². The minimum atomic E-state index is 0.917. The Morgan fingerprint density at radius 1 is 0.500 bits per heavy atom. The van der Waals surface area contributed by atoms with E-state index in [0.717, 1.165) is 13.1 Å². The Balaban J connectivity index is 1.64. The largest absolute Gasteiger partial charge is 0.370 e. The van der Waals surface area contributed by atoms with E-state index in [-0.39, 0.29) is 0 Å². The number of nitrogens with zero attached hydrogens (tertiary/aromatic N) is 2. The zero-order valence-electron chi connectivity index (χ0n) is 14.4. The molecule has 0 fully saturated rings. The molecule has 3 rings (SSSR count). The molecule has 0 saturated heterocycles. The van der Waals surface area contributed by atoms with Gasteiger partial charge in [0.2, 0.25) is 0 Å². The van der Waals surface area contributed by atoms with Gasteiger partial charge in [-0.05, 0) is 35.4 Å². The first-order valence-electron chi connectivity index (χ1n) is 8.32. The van der Waals surface area contributed by atoms with Crippen LogP contribution in [0.25, 0.3) is 0 Å². The van der Waals surface area contributed by atoms with Crippen LogP contribution in [0.15, 0.2) is 84.9 Å².